The molecule has 1 heterocycles. The molecule has 0 aliphatic rings. The van der Waals surface area contributed by atoms with E-state index in [4.69, 9.17) is 10.5 Å². The van der Waals surface area contributed by atoms with Crippen LogP contribution in [0.3, 0.4) is 0 Å². The largest absolute Gasteiger partial charge is 0.383 e. The molecule has 0 saturated carbocycles. The van der Waals surface area contributed by atoms with Crippen molar-refractivity contribution in [3.05, 3.63) is 28.0 Å². The van der Waals surface area contributed by atoms with Crippen LogP contribution in [0.25, 0.3) is 11.0 Å². The number of aromatic amines is 1. The number of rotatable bonds is 3. The highest BCUT2D eigenvalue weighted by atomic mass is 79.9. The average molecular weight is 284 g/mol. The maximum absolute atomic E-state index is 5.93. The summed E-state index contributed by atoms with van der Waals surface area (Å²) in [6.07, 6.45) is 0. The molecule has 0 aliphatic heterocycles. The first kappa shape index (κ1) is 11.6. The quantitative estimate of drug-likeness (QED) is 0.908. The predicted octanol–water partition coefficient (Wildman–Crippen LogP) is 2.28. The smallest absolute Gasteiger partial charge is 0.126 e. The van der Waals surface area contributed by atoms with Crippen LogP contribution in [-0.2, 0) is 4.74 Å². The SMILES string of the molecule is COCC(N)c1nc2c(C)cc(Br)cc2[nH]1. The first-order chi connectivity index (χ1) is 7.61. The summed E-state index contributed by atoms with van der Waals surface area (Å²) >= 11 is 3.46. The van der Waals surface area contributed by atoms with E-state index in [2.05, 4.69) is 25.9 Å². The molecule has 1 aromatic carbocycles. The first-order valence-corrected chi connectivity index (χ1v) is 5.81. The fourth-order valence-electron chi connectivity index (χ4n) is 1.70. The van der Waals surface area contributed by atoms with Gasteiger partial charge in [0.15, 0.2) is 0 Å². The van der Waals surface area contributed by atoms with Crippen molar-refractivity contribution < 1.29 is 4.74 Å². The number of hydrogen-bond donors (Lipinski definition) is 2. The van der Waals surface area contributed by atoms with E-state index >= 15 is 0 Å². The number of nitrogens with zero attached hydrogens (tertiary/aromatic N) is 1. The third-order valence-electron chi connectivity index (χ3n) is 2.46. The zero-order valence-corrected chi connectivity index (χ0v) is 10.8. The zero-order chi connectivity index (χ0) is 11.7. The highest BCUT2D eigenvalue weighted by Crippen LogP contribution is 2.23. The number of hydrogen-bond acceptors (Lipinski definition) is 3. The summed E-state index contributed by atoms with van der Waals surface area (Å²) in [6, 6.07) is 3.82. The van der Waals surface area contributed by atoms with Crippen LogP contribution in [0.2, 0.25) is 0 Å². The molecule has 1 aromatic heterocycles. The monoisotopic (exact) mass is 283 g/mol. The van der Waals surface area contributed by atoms with Crippen molar-refractivity contribution in [1.29, 1.82) is 0 Å². The van der Waals surface area contributed by atoms with Gasteiger partial charge in [-0.1, -0.05) is 15.9 Å². The molecular weight excluding hydrogens is 270 g/mol. The van der Waals surface area contributed by atoms with Gasteiger partial charge in [-0.15, -0.1) is 0 Å². The second kappa shape index (κ2) is 4.53. The van der Waals surface area contributed by atoms with Crippen molar-refractivity contribution >= 4 is 27.0 Å². The molecule has 5 heteroatoms. The van der Waals surface area contributed by atoms with Gasteiger partial charge in [0.2, 0.25) is 0 Å². The summed E-state index contributed by atoms with van der Waals surface area (Å²) in [5.41, 5.74) is 9.01. The number of ether oxygens (including phenoxy) is 1. The van der Waals surface area contributed by atoms with Crippen molar-refractivity contribution in [1.82, 2.24) is 9.97 Å². The Bertz CT molecular complexity index is 509. The maximum Gasteiger partial charge on any atom is 0.126 e. The molecule has 16 heavy (non-hydrogen) atoms. The van der Waals surface area contributed by atoms with Crippen molar-refractivity contribution in [2.45, 2.75) is 13.0 Å². The number of imidazole rings is 1. The molecular formula is C11H14BrN3O. The van der Waals surface area contributed by atoms with Gasteiger partial charge in [0.1, 0.15) is 5.82 Å². The van der Waals surface area contributed by atoms with E-state index in [0.29, 0.717) is 6.61 Å². The third-order valence-corrected chi connectivity index (χ3v) is 2.92. The maximum atomic E-state index is 5.93. The Labute approximate surface area is 102 Å². The lowest BCUT2D eigenvalue weighted by molar-refractivity contribution is 0.178. The van der Waals surface area contributed by atoms with Crippen LogP contribution < -0.4 is 5.73 Å². The van der Waals surface area contributed by atoms with Gasteiger partial charge < -0.3 is 15.5 Å². The van der Waals surface area contributed by atoms with Gasteiger partial charge in [-0.3, -0.25) is 0 Å². The molecule has 0 amide bonds. The standard InChI is InChI=1S/C11H14BrN3O/c1-6-3-7(12)4-9-10(6)15-11(14-9)8(13)5-16-2/h3-4,8H,5,13H2,1-2H3,(H,14,15). The lowest BCUT2D eigenvalue weighted by Gasteiger charge is -2.05. The van der Waals surface area contributed by atoms with E-state index in [0.717, 1.165) is 26.9 Å². The fourth-order valence-corrected chi connectivity index (χ4v) is 2.27. The number of methoxy groups -OCH3 is 1. The average Bonchev–Trinajstić information content (AvgIpc) is 2.62. The summed E-state index contributed by atoms with van der Waals surface area (Å²) in [4.78, 5) is 7.71. The van der Waals surface area contributed by atoms with Gasteiger partial charge >= 0.3 is 0 Å². The zero-order valence-electron chi connectivity index (χ0n) is 9.25. The number of H-pyrrole nitrogens is 1. The Morgan fingerprint density at radius 3 is 3.00 bits per heavy atom. The minimum absolute atomic E-state index is 0.212. The van der Waals surface area contributed by atoms with Crippen molar-refractivity contribution in [2.24, 2.45) is 5.73 Å². The Morgan fingerprint density at radius 1 is 1.56 bits per heavy atom. The fraction of sp³-hybridized carbons (Fsp3) is 0.364. The molecule has 0 bridgehead atoms. The third kappa shape index (κ3) is 2.11. The van der Waals surface area contributed by atoms with Crippen LogP contribution in [0.4, 0.5) is 0 Å². The summed E-state index contributed by atoms with van der Waals surface area (Å²) in [7, 11) is 1.63. The molecule has 0 aliphatic carbocycles. The number of benzene rings is 1. The molecule has 0 fully saturated rings. The molecule has 86 valence electrons. The minimum Gasteiger partial charge on any atom is -0.383 e. The number of fused-ring (bicyclic) bond motifs is 1. The molecule has 1 atom stereocenters. The molecule has 4 nitrogen and oxygen atoms in total. The molecule has 0 saturated heterocycles. The van der Waals surface area contributed by atoms with E-state index in [1.807, 2.05) is 19.1 Å². The molecule has 0 radical (unpaired) electrons. The van der Waals surface area contributed by atoms with E-state index in [1.165, 1.54) is 0 Å². The minimum atomic E-state index is -0.212. The predicted molar refractivity (Wildman–Crippen MR) is 67.3 cm³/mol. The summed E-state index contributed by atoms with van der Waals surface area (Å²) in [5, 5.41) is 0. The first-order valence-electron chi connectivity index (χ1n) is 5.02. The molecule has 2 rings (SSSR count). The van der Waals surface area contributed by atoms with E-state index in [1.54, 1.807) is 7.11 Å². The van der Waals surface area contributed by atoms with E-state index in [9.17, 15) is 0 Å². The van der Waals surface area contributed by atoms with Gasteiger partial charge in [0.05, 0.1) is 23.7 Å². The highest BCUT2D eigenvalue weighted by molar-refractivity contribution is 9.10. The van der Waals surface area contributed by atoms with Gasteiger partial charge in [-0.05, 0) is 24.6 Å². The number of aromatic nitrogens is 2. The van der Waals surface area contributed by atoms with Crippen LogP contribution in [-0.4, -0.2) is 23.7 Å². The van der Waals surface area contributed by atoms with Crippen LogP contribution in [0.1, 0.15) is 17.4 Å². The Morgan fingerprint density at radius 2 is 2.31 bits per heavy atom. The van der Waals surface area contributed by atoms with Crippen LogP contribution in [0.15, 0.2) is 16.6 Å². The molecule has 0 spiro atoms. The van der Waals surface area contributed by atoms with Gasteiger partial charge in [-0.2, -0.15) is 0 Å². The normalized spacial score (nSPS) is 13.2. The topological polar surface area (TPSA) is 63.9 Å². The second-order valence-corrected chi connectivity index (χ2v) is 4.72. The Kier molecular flexibility index (Phi) is 3.28. The van der Waals surface area contributed by atoms with Gasteiger partial charge in [-0.25, -0.2) is 4.98 Å². The van der Waals surface area contributed by atoms with Crippen molar-refractivity contribution in [3.63, 3.8) is 0 Å². The Balaban J connectivity index is 2.47. The van der Waals surface area contributed by atoms with Gasteiger partial charge in [0, 0.05) is 11.6 Å². The summed E-state index contributed by atoms with van der Waals surface area (Å²) in [5.74, 6) is 0.762. The number of nitrogens with two attached hydrogens (primary N) is 1. The number of nitrogens with one attached hydrogen (secondary N) is 1. The molecule has 1 unspecified atom stereocenters. The number of aryl methyl sites for hydroxylation is 1. The lowest BCUT2D eigenvalue weighted by Crippen LogP contribution is -2.17. The molecule has 2 aromatic rings. The molecule has 3 N–H and O–H groups in total. The lowest BCUT2D eigenvalue weighted by atomic mass is 10.2. The van der Waals surface area contributed by atoms with Gasteiger partial charge in [0.25, 0.3) is 0 Å². The Hall–Kier alpha value is -0.910. The van der Waals surface area contributed by atoms with Crippen LogP contribution in [0.5, 0.6) is 0 Å². The second-order valence-electron chi connectivity index (χ2n) is 3.80. The summed E-state index contributed by atoms with van der Waals surface area (Å²) < 4.78 is 6.05. The van der Waals surface area contributed by atoms with E-state index < -0.39 is 0 Å². The van der Waals surface area contributed by atoms with Crippen LogP contribution >= 0.6 is 15.9 Å². The number of halogens is 1. The van der Waals surface area contributed by atoms with Crippen molar-refractivity contribution in [2.75, 3.05) is 13.7 Å². The summed E-state index contributed by atoms with van der Waals surface area (Å²) in [6.45, 7) is 2.49. The van der Waals surface area contributed by atoms with Crippen molar-refractivity contribution in [3.8, 4) is 0 Å². The highest BCUT2D eigenvalue weighted by Gasteiger charge is 2.12. The van der Waals surface area contributed by atoms with Crippen LogP contribution in [0, 0.1) is 6.92 Å². The van der Waals surface area contributed by atoms with E-state index in [-0.39, 0.29) is 6.04 Å².